The Morgan fingerprint density at radius 2 is 2.05 bits per heavy atom. The Kier molecular flexibility index (Phi) is 3.39. The van der Waals surface area contributed by atoms with Crippen LogP contribution in [0.2, 0.25) is 5.15 Å². The molecule has 0 aliphatic carbocycles. The highest BCUT2D eigenvalue weighted by Crippen LogP contribution is 2.32. The Bertz CT molecular complexity index is 658. The highest BCUT2D eigenvalue weighted by molar-refractivity contribution is 6.29. The van der Waals surface area contributed by atoms with E-state index >= 15 is 0 Å². The average molecular weight is 291 g/mol. The second-order valence-corrected chi connectivity index (χ2v) is 4.51. The first-order valence-corrected chi connectivity index (χ1v) is 6.30. The van der Waals surface area contributed by atoms with Gasteiger partial charge in [0.1, 0.15) is 0 Å². The smallest absolute Gasteiger partial charge is 0.231 e. The lowest BCUT2D eigenvalue weighted by molar-refractivity contribution is 0.174. The summed E-state index contributed by atoms with van der Waals surface area (Å²) in [5, 5.41) is 12.2. The summed E-state index contributed by atoms with van der Waals surface area (Å²) >= 11 is 5.66. The van der Waals surface area contributed by atoms with Gasteiger partial charge in [-0.25, -0.2) is 0 Å². The van der Waals surface area contributed by atoms with Crippen LogP contribution in [0.25, 0.3) is 0 Å². The maximum atomic E-state index is 5.66. The van der Waals surface area contributed by atoms with Crippen molar-refractivity contribution >= 4 is 23.1 Å². The second-order valence-electron chi connectivity index (χ2n) is 4.12. The zero-order valence-corrected chi connectivity index (χ0v) is 11.4. The Balaban J connectivity index is 1.76. The molecule has 0 atom stereocenters. The van der Waals surface area contributed by atoms with E-state index in [1.54, 1.807) is 12.1 Å². The van der Waals surface area contributed by atoms with Crippen LogP contribution in [0.15, 0.2) is 35.4 Å². The summed E-state index contributed by atoms with van der Waals surface area (Å²) < 4.78 is 10.6. The zero-order valence-electron chi connectivity index (χ0n) is 10.6. The molecule has 0 spiro atoms. The lowest BCUT2D eigenvalue weighted by atomic mass is 10.1. The SMILES string of the molecule is CC(=NNc1ccc(Cl)nn1)c1ccc2c(c1)OCO2. The fourth-order valence-electron chi connectivity index (χ4n) is 1.70. The minimum atomic E-state index is 0.258. The molecule has 0 saturated carbocycles. The molecular weight excluding hydrogens is 280 g/mol. The molecule has 0 bridgehead atoms. The van der Waals surface area contributed by atoms with Crippen molar-refractivity contribution in [1.82, 2.24) is 10.2 Å². The number of aromatic nitrogens is 2. The molecule has 3 rings (SSSR count). The first-order valence-electron chi connectivity index (χ1n) is 5.92. The molecule has 2 heterocycles. The van der Waals surface area contributed by atoms with E-state index in [9.17, 15) is 0 Å². The van der Waals surface area contributed by atoms with E-state index in [1.807, 2.05) is 25.1 Å². The van der Waals surface area contributed by atoms with E-state index < -0.39 is 0 Å². The van der Waals surface area contributed by atoms with E-state index in [4.69, 9.17) is 21.1 Å². The van der Waals surface area contributed by atoms with Gasteiger partial charge in [-0.3, -0.25) is 5.43 Å². The Labute approximate surface area is 120 Å². The fourth-order valence-corrected chi connectivity index (χ4v) is 1.80. The number of ether oxygens (including phenoxy) is 2. The van der Waals surface area contributed by atoms with Gasteiger partial charge in [0.05, 0.1) is 5.71 Å². The summed E-state index contributed by atoms with van der Waals surface area (Å²) in [6, 6.07) is 9.00. The highest BCUT2D eigenvalue weighted by Gasteiger charge is 2.13. The van der Waals surface area contributed by atoms with Crippen molar-refractivity contribution in [1.29, 1.82) is 0 Å². The molecule has 1 aromatic heterocycles. The standard InChI is InChI=1S/C13H11ClN4O2/c1-8(15-17-13-5-4-12(14)16-18-13)9-2-3-10-11(6-9)20-7-19-10/h2-6H,7H2,1H3,(H,17,18). The molecular formula is C13H11ClN4O2. The molecule has 2 aromatic rings. The second kappa shape index (κ2) is 5.34. The van der Waals surface area contributed by atoms with Crippen LogP contribution in [0.4, 0.5) is 5.82 Å². The summed E-state index contributed by atoms with van der Waals surface area (Å²) in [5.41, 5.74) is 4.55. The monoisotopic (exact) mass is 290 g/mol. The minimum absolute atomic E-state index is 0.258. The zero-order chi connectivity index (χ0) is 13.9. The van der Waals surface area contributed by atoms with Crippen molar-refractivity contribution < 1.29 is 9.47 Å². The number of benzene rings is 1. The van der Waals surface area contributed by atoms with Crippen molar-refractivity contribution in [2.75, 3.05) is 12.2 Å². The molecule has 20 heavy (non-hydrogen) atoms. The van der Waals surface area contributed by atoms with Crippen LogP contribution < -0.4 is 14.9 Å². The molecule has 0 unspecified atom stereocenters. The molecule has 102 valence electrons. The van der Waals surface area contributed by atoms with E-state index in [0.717, 1.165) is 22.8 Å². The largest absolute Gasteiger partial charge is 0.454 e. The van der Waals surface area contributed by atoms with Crippen molar-refractivity contribution in [3.05, 3.63) is 41.0 Å². The van der Waals surface area contributed by atoms with Crippen LogP contribution in [-0.4, -0.2) is 22.7 Å². The summed E-state index contributed by atoms with van der Waals surface area (Å²) in [4.78, 5) is 0. The first-order chi connectivity index (χ1) is 9.72. The van der Waals surface area contributed by atoms with Gasteiger partial charge in [0, 0.05) is 5.56 Å². The third-order valence-corrected chi connectivity index (χ3v) is 2.96. The highest BCUT2D eigenvalue weighted by atomic mass is 35.5. The molecule has 0 fully saturated rings. The number of hydrazone groups is 1. The van der Waals surface area contributed by atoms with Gasteiger partial charge in [-0.15, -0.1) is 10.2 Å². The number of nitrogens with one attached hydrogen (secondary N) is 1. The van der Waals surface area contributed by atoms with Crippen LogP contribution in [0.1, 0.15) is 12.5 Å². The number of hydrogen-bond donors (Lipinski definition) is 1. The van der Waals surface area contributed by atoms with Gasteiger partial charge >= 0.3 is 0 Å². The molecule has 1 aromatic carbocycles. The number of halogens is 1. The molecule has 0 radical (unpaired) electrons. The third-order valence-electron chi connectivity index (χ3n) is 2.76. The van der Waals surface area contributed by atoms with Crippen molar-refractivity contribution in [2.24, 2.45) is 5.10 Å². The summed E-state index contributed by atoms with van der Waals surface area (Å²) in [6.45, 7) is 2.14. The van der Waals surface area contributed by atoms with Crippen LogP contribution in [0, 0.1) is 0 Å². The topological polar surface area (TPSA) is 68.6 Å². The van der Waals surface area contributed by atoms with Gasteiger partial charge in [-0.2, -0.15) is 5.10 Å². The van der Waals surface area contributed by atoms with Gasteiger partial charge in [0.15, 0.2) is 22.5 Å². The van der Waals surface area contributed by atoms with Crippen molar-refractivity contribution in [3.8, 4) is 11.5 Å². The number of fused-ring (bicyclic) bond motifs is 1. The van der Waals surface area contributed by atoms with Crippen LogP contribution in [-0.2, 0) is 0 Å². The molecule has 1 N–H and O–H groups in total. The Morgan fingerprint density at radius 1 is 1.20 bits per heavy atom. The third kappa shape index (κ3) is 2.65. The van der Waals surface area contributed by atoms with Crippen LogP contribution in [0.3, 0.4) is 0 Å². The predicted octanol–water partition coefficient (Wildman–Crippen LogP) is 2.69. The van der Waals surface area contributed by atoms with Crippen LogP contribution >= 0.6 is 11.6 Å². The molecule has 0 amide bonds. The maximum Gasteiger partial charge on any atom is 0.231 e. The van der Waals surface area contributed by atoms with E-state index in [-0.39, 0.29) is 6.79 Å². The number of nitrogens with zero attached hydrogens (tertiary/aromatic N) is 3. The molecule has 0 saturated heterocycles. The number of anilines is 1. The maximum absolute atomic E-state index is 5.66. The average Bonchev–Trinajstić information content (AvgIpc) is 2.93. The van der Waals surface area contributed by atoms with Gasteiger partial charge in [-0.05, 0) is 37.3 Å². The molecule has 6 nitrogen and oxygen atoms in total. The van der Waals surface area contributed by atoms with Crippen molar-refractivity contribution in [3.63, 3.8) is 0 Å². The fraction of sp³-hybridized carbons (Fsp3) is 0.154. The van der Waals surface area contributed by atoms with E-state index in [0.29, 0.717) is 11.0 Å². The molecule has 7 heteroatoms. The van der Waals surface area contributed by atoms with E-state index in [2.05, 4.69) is 20.7 Å². The normalized spacial score (nSPS) is 13.4. The summed E-state index contributed by atoms with van der Waals surface area (Å²) in [7, 11) is 0. The predicted molar refractivity (Wildman–Crippen MR) is 75.4 cm³/mol. The Hall–Kier alpha value is -2.34. The number of hydrogen-bond acceptors (Lipinski definition) is 6. The lowest BCUT2D eigenvalue weighted by Crippen LogP contribution is -2.01. The van der Waals surface area contributed by atoms with E-state index in [1.165, 1.54) is 0 Å². The Morgan fingerprint density at radius 3 is 2.85 bits per heavy atom. The first kappa shape index (κ1) is 12.7. The van der Waals surface area contributed by atoms with Gasteiger partial charge in [0.25, 0.3) is 0 Å². The van der Waals surface area contributed by atoms with Gasteiger partial charge < -0.3 is 9.47 Å². The molecule has 1 aliphatic rings. The summed E-state index contributed by atoms with van der Waals surface area (Å²) in [5.74, 6) is 2.00. The van der Waals surface area contributed by atoms with Crippen molar-refractivity contribution in [2.45, 2.75) is 6.92 Å². The minimum Gasteiger partial charge on any atom is -0.454 e. The van der Waals surface area contributed by atoms with Gasteiger partial charge in [0.2, 0.25) is 6.79 Å². The quantitative estimate of drug-likeness (QED) is 0.695. The summed E-state index contributed by atoms with van der Waals surface area (Å²) in [6.07, 6.45) is 0. The van der Waals surface area contributed by atoms with Crippen LogP contribution in [0.5, 0.6) is 11.5 Å². The van der Waals surface area contributed by atoms with Gasteiger partial charge in [-0.1, -0.05) is 11.6 Å². The lowest BCUT2D eigenvalue weighted by Gasteiger charge is -2.04. The molecule has 1 aliphatic heterocycles. The number of rotatable bonds is 3.